The number of hydrogen-bond donors (Lipinski definition) is 1. The SMILES string of the molecule is CC(C)(C)OC(=O)N1CC2(CC2)C(N)C2(CC2)C1. The van der Waals surface area contributed by atoms with E-state index >= 15 is 0 Å². The van der Waals surface area contributed by atoms with E-state index < -0.39 is 5.60 Å². The second-order valence-electron chi connectivity index (χ2n) is 7.54. The first-order valence-corrected chi connectivity index (χ1v) is 7.00. The summed E-state index contributed by atoms with van der Waals surface area (Å²) in [5.41, 5.74) is 6.44. The summed E-state index contributed by atoms with van der Waals surface area (Å²) in [6.45, 7) is 7.34. The molecular weight excluding hydrogens is 228 g/mol. The lowest BCUT2D eigenvalue weighted by Crippen LogP contribution is -2.57. The van der Waals surface area contributed by atoms with Gasteiger partial charge in [0, 0.05) is 30.0 Å². The molecule has 2 N–H and O–H groups in total. The fourth-order valence-electron chi connectivity index (χ4n) is 3.38. The van der Waals surface area contributed by atoms with Crippen LogP contribution < -0.4 is 5.73 Å². The molecule has 0 aromatic heterocycles. The van der Waals surface area contributed by atoms with Crippen LogP contribution in [0, 0.1) is 10.8 Å². The molecule has 18 heavy (non-hydrogen) atoms. The molecule has 1 aliphatic heterocycles. The van der Waals surface area contributed by atoms with E-state index in [9.17, 15) is 4.79 Å². The normalized spacial score (nSPS) is 28.6. The molecule has 1 saturated heterocycles. The standard InChI is InChI=1S/C14H24N2O2/c1-12(2,3)18-11(17)16-8-13(4-5-13)10(15)14(9-16)6-7-14/h10H,4-9,15H2,1-3H3. The number of nitrogens with two attached hydrogens (primary N) is 1. The third-order valence-corrected chi connectivity index (χ3v) is 4.77. The van der Waals surface area contributed by atoms with Crippen LogP contribution in [-0.2, 0) is 4.74 Å². The fraction of sp³-hybridized carbons (Fsp3) is 0.929. The van der Waals surface area contributed by atoms with E-state index in [1.807, 2.05) is 25.7 Å². The van der Waals surface area contributed by atoms with Gasteiger partial charge >= 0.3 is 6.09 Å². The smallest absolute Gasteiger partial charge is 0.410 e. The van der Waals surface area contributed by atoms with Gasteiger partial charge in [-0.15, -0.1) is 0 Å². The Balaban J connectivity index is 1.73. The number of piperidine rings is 1. The molecule has 3 fully saturated rings. The van der Waals surface area contributed by atoms with Gasteiger partial charge in [-0.25, -0.2) is 4.79 Å². The molecule has 4 heteroatoms. The lowest BCUT2D eigenvalue weighted by molar-refractivity contribution is -0.000561. The Kier molecular flexibility index (Phi) is 2.32. The monoisotopic (exact) mass is 252 g/mol. The lowest BCUT2D eigenvalue weighted by Gasteiger charge is -2.43. The van der Waals surface area contributed by atoms with Crippen molar-refractivity contribution in [2.24, 2.45) is 16.6 Å². The Labute approximate surface area is 109 Å². The number of nitrogens with zero attached hydrogens (tertiary/aromatic N) is 1. The van der Waals surface area contributed by atoms with E-state index in [0.717, 1.165) is 13.1 Å². The van der Waals surface area contributed by atoms with Gasteiger partial charge < -0.3 is 15.4 Å². The van der Waals surface area contributed by atoms with Gasteiger partial charge in [0.05, 0.1) is 0 Å². The van der Waals surface area contributed by atoms with Crippen molar-refractivity contribution < 1.29 is 9.53 Å². The molecular formula is C14H24N2O2. The average molecular weight is 252 g/mol. The molecule has 0 atom stereocenters. The molecule has 3 rings (SSSR count). The van der Waals surface area contributed by atoms with Crippen molar-refractivity contribution in [2.75, 3.05) is 13.1 Å². The van der Waals surface area contributed by atoms with Crippen molar-refractivity contribution in [3.63, 3.8) is 0 Å². The van der Waals surface area contributed by atoms with E-state index in [-0.39, 0.29) is 16.9 Å². The number of likely N-dealkylation sites (tertiary alicyclic amines) is 1. The molecule has 2 spiro atoms. The first-order valence-electron chi connectivity index (χ1n) is 7.00. The number of carbonyl (C=O) groups excluding carboxylic acids is 1. The predicted molar refractivity (Wildman–Crippen MR) is 69.1 cm³/mol. The van der Waals surface area contributed by atoms with Gasteiger partial charge in [-0.1, -0.05) is 0 Å². The summed E-state index contributed by atoms with van der Waals surface area (Å²) in [5, 5.41) is 0. The van der Waals surface area contributed by atoms with Crippen LogP contribution in [0.5, 0.6) is 0 Å². The van der Waals surface area contributed by atoms with Crippen LogP contribution >= 0.6 is 0 Å². The van der Waals surface area contributed by atoms with Gasteiger partial charge in [0.2, 0.25) is 0 Å². The number of amides is 1. The van der Waals surface area contributed by atoms with E-state index in [2.05, 4.69) is 0 Å². The van der Waals surface area contributed by atoms with E-state index in [4.69, 9.17) is 10.5 Å². The molecule has 2 saturated carbocycles. The van der Waals surface area contributed by atoms with Crippen LogP contribution in [0.25, 0.3) is 0 Å². The molecule has 4 nitrogen and oxygen atoms in total. The predicted octanol–water partition coefficient (Wildman–Crippen LogP) is 2.12. The van der Waals surface area contributed by atoms with Crippen molar-refractivity contribution in [1.29, 1.82) is 0 Å². The molecule has 2 aliphatic carbocycles. The van der Waals surface area contributed by atoms with Crippen LogP contribution in [0.2, 0.25) is 0 Å². The van der Waals surface area contributed by atoms with E-state index in [0.29, 0.717) is 6.04 Å². The quantitative estimate of drug-likeness (QED) is 0.718. The maximum atomic E-state index is 12.2. The summed E-state index contributed by atoms with van der Waals surface area (Å²) < 4.78 is 5.50. The zero-order valence-corrected chi connectivity index (χ0v) is 11.7. The highest BCUT2D eigenvalue weighted by Gasteiger charge is 2.65. The van der Waals surface area contributed by atoms with Gasteiger partial charge in [0.25, 0.3) is 0 Å². The molecule has 0 unspecified atom stereocenters. The first-order chi connectivity index (χ1) is 8.27. The highest BCUT2D eigenvalue weighted by molar-refractivity contribution is 5.69. The van der Waals surface area contributed by atoms with Crippen molar-refractivity contribution in [3.05, 3.63) is 0 Å². The second-order valence-corrected chi connectivity index (χ2v) is 7.54. The third-order valence-electron chi connectivity index (χ3n) is 4.77. The van der Waals surface area contributed by atoms with Gasteiger partial charge in [-0.05, 0) is 46.5 Å². The van der Waals surface area contributed by atoms with Gasteiger partial charge in [-0.2, -0.15) is 0 Å². The van der Waals surface area contributed by atoms with Gasteiger partial charge in [0.1, 0.15) is 5.60 Å². The minimum absolute atomic E-state index is 0.160. The summed E-state index contributed by atoms with van der Waals surface area (Å²) in [6.07, 6.45) is 4.54. The highest BCUT2D eigenvalue weighted by atomic mass is 16.6. The molecule has 0 aromatic rings. The number of ether oxygens (including phenoxy) is 1. The molecule has 0 aromatic carbocycles. The second kappa shape index (κ2) is 3.41. The van der Waals surface area contributed by atoms with E-state index in [1.54, 1.807) is 0 Å². The first kappa shape index (κ1) is 12.3. The molecule has 3 aliphatic rings. The Bertz CT molecular complexity index is 356. The highest BCUT2D eigenvalue weighted by Crippen LogP contribution is 2.63. The molecule has 1 heterocycles. The van der Waals surface area contributed by atoms with Gasteiger partial charge in [-0.3, -0.25) is 0 Å². The molecule has 0 radical (unpaired) electrons. The zero-order valence-electron chi connectivity index (χ0n) is 11.7. The van der Waals surface area contributed by atoms with Crippen molar-refractivity contribution >= 4 is 6.09 Å². The fourth-order valence-corrected chi connectivity index (χ4v) is 3.38. The Hall–Kier alpha value is -0.770. The summed E-state index contributed by atoms with van der Waals surface area (Å²) in [5.74, 6) is 0. The Morgan fingerprint density at radius 3 is 1.94 bits per heavy atom. The van der Waals surface area contributed by atoms with Crippen LogP contribution in [0.15, 0.2) is 0 Å². The maximum absolute atomic E-state index is 12.2. The molecule has 0 bridgehead atoms. The van der Waals surface area contributed by atoms with Gasteiger partial charge in [0.15, 0.2) is 0 Å². The van der Waals surface area contributed by atoms with E-state index in [1.165, 1.54) is 25.7 Å². The Morgan fingerprint density at radius 1 is 1.17 bits per heavy atom. The summed E-state index contributed by atoms with van der Waals surface area (Å²) in [6, 6.07) is 0.295. The number of rotatable bonds is 0. The average Bonchev–Trinajstić information content (AvgIpc) is 3.10. The topological polar surface area (TPSA) is 55.6 Å². The summed E-state index contributed by atoms with van der Waals surface area (Å²) in [7, 11) is 0. The largest absolute Gasteiger partial charge is 0.444 e. The van der Waals surface area contributed by atoms with Crippen LogP contribution in [0.3, 0.4) is 0 Å². The zero-order chi connectivity index (χ0) is 13.2. The Morgan fingerprint density at radius 2 is 1.61 bits per heavy atom. The minimum atomic E-state index is -0.413. The molecule has 1 amide bonds. The number of carbonyl (C=O) groups is 1. The minimum Gasteiger partial charge on any atom is -0.444 e. The van der Waals surface area contributed by atoms with Crippen LogP contribution in [0.4, 0.5) is 4.79 Å². The van der Waals surface area contributed by atoms with Crippen LogP contribution in [-0.4, -0.2) is 35.7 Å². The summed E-state index contributed by atoms with van der Waals surface area (Å²) >= 11 is 0. The maximum Gasteiger partial charge on any atom is 0.410 e. The summed E-state index contributed by atoms with van der Waals surface area (Å²) in [4.78, 5) is 14.1. The lowest BCUT2D eigenvalue weighted by atomic mass is 9.79. The van der Waals surface area contributed by atoms with Crippen molar-refractivity contribution in [2.45, 2.75) is 58.1 Å². The third kappa shape index (κ3) is 1.91. The van der Waals surface area contributed by atoms with Crippen molar-refractivity contribution in [1.82, 2.24) is 4.90 Å². The molecule has 102 valence electrons. The van der Waals surface area contributed by atoms with Crippen molar-refractivity contribution in [3.8, 4) is 0 Å². The van der Waals surface area contributed by atoms with Crippen LogP contribution in [0.1, 0.15) is 46.5 Å². The number of hydrogen-bond acceptors (Lipinski definition) is 3.